The smallest absolute Gasteiger partial charge is 0.235 e. The van der Waals surface area contributed by atoms with Gasteiger partial charge in [0.2, 0.25) is 5.78 Å². The Hall–Kier alpha value is -1.59. The summed E-state index contributed by atoms with van der Waals surface area (Å²) in [6.07, 6.45) is 0.502. The molecule has 1 N–H and O–H groups in total. The van der Waals surface area contributed by atoms with Gasteiger partial charge in [0.15, 0.2) is 0 Å². The maximum atomic E-state index is 11.5. The van der Waals surface area contributed by atoms with E-state index in [-0.39, 0.29) is 5.78 Å². The van der Waals surface area contributed by atoms with E-state index in [9.17, 15) is 9.90 Å². The van der Waals surface area contributed by atoms with Gasteiger partial charge in [0, 0.05) is 5.56 Å². The summed E-state index contributed by atoms with van der Waals surface area (Å²) < 4.78 is 0. The first-order chi connectivity index (χ1) is 7.05. The van der Waals surface area contributed by atoms with Gasteiger partial charge in [-0.25, -0.2) is 0 Å². The van der Waals surface area contributed by atoms with Crippen molar-refractivity contribution in [1.29, 1.82) is 0 Å². The van der Waals surface area contributed by atoms with Crippen molar-refractivity contribution in [3.05, 3.63) is 35.9 Å². The Balaban J connectivity index is 2.81. The fourth-order valence-corrected chi connectivity index (χ4v) is 0.941. The van der Waals surface area contributed by atoms with Crippen LogP contribution in [0.5, 0.6) is 0 Å². The number of ketones is 1. The average molecular weight is 202 g/mol. The largest absolute Gasteiger partial charge is 0.378 e. The van der Waals surface area contributed by atoms with Crippen molar-refractivity contribution < 1.29 is 9.90 Å². The second kappa shape index (κ2) is 4.77. The Kier molecular flexibility index (Phi) is 3.65. The fraction of sp³-hybridized carbons (Fsp3) is 0.308. The van der Waals surface area contributed by atoms with E-state index in [0.29, 0.717) is 12.0 Å². The van der Waals surface area contributed by atoms with Crippen LogP contribution >= 0.6 is 0 Å². The number of carbonyl (C=O) groups is 1. The van der Waals surface area contributed by atoms with Crippen molar-refractivity contribution in [2.75, 3.05) is 0 Å². The molecule has 1 unspecified atom stereocenters. The Morgan fingerprint density at radius 2 is 2.00 bits per heavy atom. The van der Waals surface area contributed by atoms with Crippen LogP contribution in [0.4, 0.5) is 0 Å². The third kappa shape index (κ3) is 3.57. The molecule has 0 aliphatic rings. The summed E-state index contributed by atoms with van der Waals surface area (Å²) in [6.45, 7) is 3.42. The van der Waals surface area contributed by atoms with E-state index < -0.39 is 5.60 Å². The molecule has 0 saturated carbocycles. The Bertz CT molecular complexity index is 394. The highest BCUT2D eigenvalue weighted by Gasteiger charge is 2.13. The molecule has 1 rings (SSSR count). The summed E-state index contributed by atoms with van der Waals surface area (Å²) in [5.74, 6) is 4.75. The molecule has 0 aliphatic carbocycles. The highest BCUT2D eigenvalue weighted by Crippen LogP contribution is 2.06. The molecule has 0 aromatic heterocycles. The SMILES string of the molecule is CCC(C)(O)C#CC(=O)c1ccccc1. The van der Waals surface area contributed by atoms with Gasteiger partial charge in [-0.1, -0.05) is 43.2 Å². The molecule has 1 aromatic rings. The number of rotatable bonds is 2. The number of hydrogen-bond donors (Lipinski definition) is 1. The predicted octanol–water partition coefficient (Wildman–Crippen LogP) is 2.03. The zero-order valence-electron chi connectivity index (χ0n) is 8.95. The number of aliphatic hydroxyl groups is 1. The van der Waals surface area contributed by atoms with Crippen molar-refractivity contribution in [1.82, 2.24) is 0 Å². The van der Waals surface area contributed by atoms with Gasteiger partial charge in [0.25, 0.3) is 0 Å². The minimum atomic E-state index is -1.08. The molecule has 0 fully saturated rings. The van der Waals surface area contributed by atoms with Crippen LogP contribution < -0.4 is 0 Å². The van der Waals surface area contributed by atoms with Gasteiger partial charge in [-0.2, -0.15) is 0 Å². The second-order valence-electron chi connectivity index (χ2n) is 3.57. The van der Waals surface area contributed by atoms with Crippen molar-refractivity contribution in [3.63, 3.8) is 0 Å². The van der Waals surface area contributed by atoms with E-state index in [1.807, 2.05) is 13.0 Å². The molecule has 0 radical (unpaired) electrons. The maximum absolute atomic E-state index is 11.5. The van der Waals surface area contributed by atoms with Crippen LogP contribution in [0, 0.1) is 11.8 Å². The van der Waals surface area contributed by atoms with Gasteiger partial charge >= 0.3 is 0 Å². The summed E-state index contributed by atoms with van der Waals surface area (Å²) in [5.41, 5.74) is -0.526. The lowest BCUT2D eigenvalue weighted by atomic mass is 10.0. The van der Waals surface area contributed by atoms with Crippen molar-refractivity contribution in [2.45, 2.75) is 25.9 Å². The van der Waals surface area contributed by atoms with E-state index in [1.165, 1.54) is 0 Å². The van der Waals surface area contributed by atoms with E-state index in [2.05, 4.69) is 11.8 Å². The van der Waals surface area contributed by atoms with E-state index in [1.54, 1.807) is 31.2 Å². The summed E-state index contributed by atoms with van der Waals surface area (Å²) in [6, 6.07) is 8.82. The number of hydrogen-bond acceptors (Lipinski definition) is 2. The maximum Gasteiger partial charge on any atom is 0.235 e. The van der Waals surface area contributed by atoms with Crippen LogP contribution in [0.25, 0.3) is 0 Å². The first-order valence-corrected chi connectivity index (χ1v) is 4.90. The molecule has 0 spiro atoms. The fourth-order valence-electron chi connectivity index (χ4n) is 0.941. The number of carbonyl (C=O) groups excluding carboxylic acids is 1. The Morgan fingerprint density at radius 1 is 1.40 bits per heavy atom. The van der Waals surface area contributed by atoms with Gasteiger partial charge in [-0.3, -0.25) is 4.79 Å². The lowest BCUT2D eigenvalue weighted by molar-refractivity contribution is 0.104. The molecule has 2 heteroatoms. The minimum Gasteiger partial charge on any atom is -0.378 e. The van der Waals surface area contributed by atoms with E-state index in [0.717, 1.165) is 0 Å². The van der Waals surface area contributed by atoms with Crippen LogP contribution in [0.15, 0.2) is 30.3 Å². The Labute approximate surface area is 89.9 Å². The van der Waals surface area contributed by atoms with Crippen molar-refractivity contribution in [3.8, 4) is 11.8 Å². The first kappa shape index (κ1) is 11.5. The molecule has 0 saturated heterocycles. The molecule has 1 atom stereocenters. The normalized spacial score (nSPS) is 13.5. The third-order valence-electron chi connectivity index (χ3n) is 2.17. The summed E-state index contributed by atoms with van der Waals surface area (Å²) in [7, 11) is 0. The topological polar surface area (TPSA) is 37.3 Å². The van der Waals surface area contributed by atoms with Crippen molar-refractivity contribution >= 4 is 5.78 Å². The average Bonchev–Trinajstić information content (AvgIpc) is 2.27. The first-order valence-electron chi connectivity index (χ1n) is 4.90. The summed E-state index contributed by atoms with van der Waals surface area (Å²) >= 11 is 0. The lowest BCUT2D eigenvalue weighted by Crippen LogP contribution is -2.19. The standard InChI is InChI=1S/C13H14O2/c1-3-13(2,15)10-9-12(14)11-7-5-4-6-8-11/h4-8,15H,3H2,1-2H3. The van der Waals surface area contributed by atoms with Crippen LogP contribution in [0.3, 0.4) is 0 Å². The van der Waals surface area contributed by atoms with Gasteiger partial charge in [-0.05, 0) is 19.3 Å². The molecule has 15 heavy (non-hydrogen) atoms. The molecular formula is C13H14O2. The minimum absolute atomic E-state index is 0.260. The van der Waals surface area contributed by atoms with Gasteiger partial charge < -0.3 is 5.11 Å². The molecule has 0 heterocycles. The quantitative estimate of drug-likeness (QED) is 0.452. The molecule has 1 aromatic carbocycles. The number of Topliss-reactive ketones (excluding diaryl/α,β-unsaturated/α-hetero) is 1. The molecule has 0 amide bonds. The van der Waals surface area contributed by atoms with E-state index in [4.69, 9.17) is 0 Å². The molecular weight excluding hydrogens is 188 g/mol. The molecule has 2 nitrogen and oxygen atoms in total. The predicted molar refractivity (Wildman–Crippen MR) is 59.5 cm³/mol. The van der Waals surface area contributed by atoms with Crippen LogP contribution in [0.2, 0.25) is 0 Å². The van der Waals surface area contributed by atoms with Gasteiger partial charge in [0.1, 0.15) is 5.60 Å². The zero-order valence-corrected chi connectivity index (χ0v) is 8.95. The van der Waals surface area contributed by atoms with E-state index >= 15 is 0 Å². The molecule has 78 valence electrons. The highest BCUT2D eigenvalue weighted by molar-refractivity contribution is 6.09. The van der Waals surface area contributed by atoms with Gasteiger partial charge in [0.05, 0.1) is 0 Å². The number of benzene rings is 1. The van der Waals surface area contributed by atoms with Crippen LogP contribution in [0.1, 0.15) is 30.6 Å². The monoisotopic (exact) mass is 202 g/mol. The van der Waals surface area contributed by atoms with Crippen molar-refractivity contribution in [2.24, 2.45) is 0 Å². The molecule has 0 bridgehead atoms. The second-order valence-corrected chi connectivity index (χ2v) is 3.57. The lowest BCUT2D eigenvalue weighted by Gasteiger charge is -2.11. The molecule has 0 aliphatic heterocycles. The summed E-state index contributed by atoms with van der Waals surface area (Å²) in [4.78, 5) is 11.5. The summed E-state index contributed by atoms with van der Waals surface area (Å²) in [5, 5.41) is 9.59. The highest BCUT2D eigenvalue weighted by atomic mass is 16.3. The van der Waals surface area contributed by atoms with Crippen LogP contribution in [-0.2, 0) is 0 Å². The zero-order chi connectivity index (χ0) is 11.3. The van der Waals surface area contributed by atoms with Crippen LogP contribution in [-0.4, -0.2) is 16.5 Å². The third-order valence-corrected chi connectivity index (χ3v) is 2.17. The van der Waals surface area contributed by atoms with Gasteiger partial charge in [-0.15, -0.1) is 0 Å². The Morgan fingerprint density at radius 3 is 2.53 bits per heavy atom.